The Labute approximate surface area is 199 Å². The van der Waals surface area contributed by atoms with Crippen LogP contribution in [0.3, 0.4) is 0 Å². The zero-order valence-electron chi connectivity index (χ0n) is 20.1. The standard InChI is InChI=1S/C26H30N2O6/c1-5-27(6-2)21(29)15-33-19-13-9-11-17-23(19)26(32)24-18(25(17)31)12-10-14-20(24)34-16-22(30)28(7-3)8-4/h9-14H,5-8,15-16H2,1-4H3. The van der Waals surface area contributed by atoms with Crippen LogP contribution in [0.25, 0.3) is 0 Å². The minimum absolute atomic E-state index is 0.0958. The zero-order chi connectivity index (χ0) is 24.8. The van der Waals surface area contributed by atoms with Crippen molar-refractivity contribution < 1.29 is 28.7 Å². The number of ketones is 2. The second-order valence-electron chi connectivity index (χ2n) is 7.73. The number of fused-ring (bicyclic) bond motifs is 2. The number of likely N-dealkylation sites (N-methyl/N-ethyl adjacent to an activating group) is 2. The summed E-state index contributed by atoms with van der Waals surface area (Å²) in [5.74, 6) is -0.882. The van der Waals surface area contributed by atoms with Gasteiger partial charge in [0.1, 0.15) is 11.5 Å². The van der Waals surface area contributed by atoms with Crippen LogP contribution in [0.5, 0.6) is 11.5 Å². The lowest BCUT2D eigenvalue weighted by molar-refractivity contribution is -0.133. The molecule has 0 heterocycles. The fourth-order valence-corrected chi connectivity index (χ4v) is 4.03. The Morgan fingerprint density at radius 2 is 1.03 bits per heavy atom. The first kappa shape index (κ1) is 25.0. The molecule has 0 saturated heterocycles. The molecular weight excluding hydrogens is 436 g/mol. The minimum atomic E-state index is -0.443. The van der Waals surface area contributed by atoms with E-state index in [0.29, 0.717) is 26.2 Å². The molecule has 1 aliphatic rings. The summed E-state index contributed by atoms with van der Waals surface area (Å²) in [4.78, 5) is 54.8. The van der Waals surface area contributed by atoms with Crippen molar-refractivity contribution in [1.82, 2.24) is 9.80 Å². The van der Waals surface area contributed by atoms with Crippen molar-refractivity contribution in [3.8, 4) is 11.5 Å². The number of ether oxygens (including phenoxy) is 2. The Morgan fingerprint density at radius 1 is 0.647 bits per heavy atom. The summed E-state index contributed by atoms with van der Waals surface area (Å²) >= 11 is 0. The van der Waals surface area contributed by atoms with Crippen LogP contribution in [0, 0.1) is 0 Å². The van der Waals surface area contributed by atoms with E-state index in [1.165, 1.54) is 0 Å². The van der Waals surface area contributed by atoms with E-state index in [2.05, 4.69) is 0 Å². The van der Waals surface area contributed by atoms with E-state index < -0.39 is 5.78 Å². The summed E-state index contributed by atoms with van der Waals surface area (Å²) in [5.41, 5.74) is 0.611. The quantitative estimate of drug-likeness (QED) is 0.456. The van der Waals surface area contributed by atoms with Crippen LogP contribution in [0.2, 0.25) is 0 Å². The van der Waals surface area contributed by atoms with E-state index >= 15 is 0 Å². The third-order valence-corrected chi connectivity index (χ3v) is 5.93. The number of rotatable bonds is 10. The molecule has 0 spiro atoms. The van der Waals surface area contributed by atoms with Gasteiger partial charge >= 0.3 is 0 Å². The molecule has 0 aromatic heterocycles. The first-order chi connectivity index (χ1) is 16.4. The maximum absolute atomic E-state index is 13.6. The van der Waals surface area contributed by atoms with Crippen molar-refractivity contribution in [1.29, 1.82) is 0 Å². The number of benzene rings is 2. The number of carbonyl (C=O) groups excluding carboxylic acids is 4. The molecule has 8 heteroatoms. The maximum atomic E-state index is 13.6. The molecule has 3 rings (SSSR count). The van der Waals surface area contributed by atoms with Gasteiger partial charge in [-0.2, -0.15) is 0 Å². The van der Waals surface area contributed by atoms with Crippen LogP contribution in [0.4, 0.5) is 0 Å². The highest BCUT2D eigenvalue weighted by atomic mass is 16.5. The van der Waals surface area contributed by atoms with Gasteiger partial charge in [0.15, 0.2) is 19.0 Å². The Morgan fingerprint density at radius 3 is 1.38 bits per heavy atom. The van der Waals surface area contributed by atoms with Crippen LogP contribution in [-0.2, 0) is 9.59 Å². The average molecular weight is 467 g/mol. The molecule has 0 bridgehead atoms. The van der Waals surface area contributed by atoms with Crippen molar-refractivity contribution in [3.63, 3.8) is 0 Å². The van der Waals surface area contributed by atoms with Crippen molar-refractivity contribution in [2.75, 3.05) is 39.4 Å². The molecule has 2 aromatic carbocycles. The molecule has 180 valence electrons. The number of carbonyl (C=O) groups is 4. The number of amides is 2. The Balaban J connectivity index is 1.92. The molecule has 0 saturated carbocycles. The molecule has 0 unspecified atom stereocenters. The molecule has 0 fully saturated rings. The molecule has 2 aromatic rings. The van der Waals surface area contributed by atoms with Crippen LogP contribution in [0.1, 0.15) is 59.5 Å². The van der Waals surface area contributed by atoms with Gasteiger partial charge in [0.25, 0.3) is 11.8 Å². The summed E-state index contributed by atoms with van der Waals surface area (Å²) in [6, 6.07) is 9.50. The highest BCUT2D eigenvalue weighted by molar-refractivity contribution is 6.30. The van der Waals surface area contributed by atoms with Gasteiger partial charge in [-0.1, -0.05) is 24.3 Å². The summed E-state index contributed by atoms with van der Waals surface area (Å²) < 4.78 is 11.4. The first-order valence-electron chi connectivity index (χ1n) is 11.5. The van der Waals surface area contributed by atoms with Crippen molar-refractivity contribution in [2.24, 2.45) is 0 Å². The van der Waals surface area contributed by atoms with E-state index in [1.54, 1.807) is 46.2 Å². The molecular formula is C26H30N2O6. The van der Waals surface area contributed by atoms with E-state index in [1.807, 2.05) is 27.7 Å². The molecule has 0 radical (unpaired) electrons. The SMILES string of the molecule is CCN(CC)C(=O)COc1cccc2c1C(=O)c1c(OCC(=O)N(CC)CC)cccc1C2=O. The Hall–Kier alpha value is -3.68. The molecule has 1 aliphatic carbocycles. The van der Waals surface area contributed by atoms with Crippen LogP contribution in [0.15, 0.2) is 36.4 Å². The maximum Gasteiger partial charge on any atom is 0.260 e. The number of hydrogen-bond donors (Lipinski definition) is 0. The van der Waals surface area contributed by atoms with Gasteiger partial charge in [-0.05, 0) is 39.8 Å². The van der Waals surface area contributed by atoms with Gasteiger partial charge in [0.2, 0.25) is 5.78 Å². The van der Waals surface area contributed by atoms with Gasteiger partial charge < -0.3 is 19.3 Å². The molecule has 0 aliphatic heterocycles. The smallest absolute Gasteiger partial charge is 0.260 e. The van der Waals surface area contributed by atoms with Crippen LogP contribution < -0.4 is 9.47 Å². The minimum Gasteiger partial charge on any atom is -0.483 e. The van der Waals surface area contributed by atoms with E-state index in [4.69, 9.17) is 9.47 Å². The van der Waals surface area contributed by atoms with Gasteiger partial charge in [-0.15, -0.1) is 0 Å². The van der Waals surface area contributed by atoms with Crippen molar-refractivity contribution in [3.05, 3.63) is 58.7 Å². The normalized spacial score (nSPS) is 12.0. The Bertz CT molecular complexity index is 1020. The van der Waals surface area contributed by atoms with Crippen molar-refractivity contribution >= 4 is 23.4 Å². The first-order valence-corrected chi connectivity index (χ1v) is 11.5. The average Bonchev–Trinajstić information content (AvgIpc) is 2.85. The largest absolute Gasteiger partial charge is 0.483 e. The predicted octanol–water partition coefficient (Wildman–Crippen LogP) is 2.96. The molecule has 0 atom stereocenters. The lowest BCUT2D eigenvalue weighted by Gasteiger charge is -2.24. The molecule has 34 heavy (non-hydrogen) atoms. The fraction of sp³-hybridized carbons (Fsp3) is 0.385. The van der Waals surface area contributed by atoms with Gasteiger partial charge in [-0.25, -0.2) is 0 Å². The summed E-state index contributed by atoms with van der Waals surface area (Å²) in [6.07, 6.45) is 0. The van der Waals surface area contributed by atoms with E-state index in [9.17, 15) is 19.2 Å². The van der Waals surface area contributed by atoms with E-state index in [0.717, 1.165) is 0 Å². The van der Waals surface area contributed by atoms with E-state index in [-0.39, 0.29) is 64.6 Å². The van der Waals surface area contributed by atoms with Crippen molar-refractivity contribution in [2.45, 2.75) is 27.7 Å². The third-order valence-electron chi connectivity index (χ3n) is 5.93. The predicted molar refractivity (Wildman–Crippen MR) is 127 cm³/mol. The van der Waals surface area contributed by atoms with Gasteiger partial charge in [0, 0.05) is 37.3 Å². The molecule has 0 N–H and O–H groups in total. The highest BCUT2D eigenvalue weighted by Gasteiger charge is 2.35. The Kier molecular flexibility index (Phi) is 8.04. The zero-order valence-corrected chi connectivity index (χ0v) is 20.1. The lowest BCUT2D eigenvalue weighted by Crippen LogP contribution is -2.35. The summed E-state index contributed by atoms with van der Waals surface area (Å²) in [5, 5.41) is 0. The monoisotopic (exact) mass is 466 g/mol. The number of hydrogen-bond acceptors (Lipinski definition) is 6. The second-order valence-corrected chi connectivity index (χ2v) is 7.73. The summed E-state index contributed by atoms with van der Waals surface area (Å²) in [6.45, 7) is 9.18. The highest BCUT2D eigenvalue weighted by Crippen LogP contribution is 2.37. The fourth-order valence-electron chi connectivity index (χ4n) is 4.03. The number of nitrogens with zero attached hydrogens (tertiary/aromatic N) is 2. The molecule has 8 nitrogen and oxygen atoms in total. The van der Waals surface area contributed by atoms with Gasteiger partial charge in [0.05, 0.1) is 11.1 Å². The van der Waals surface area contributed by atoms with Crippen LogP contribution in [-0.4, -0.2) is 72.6 Å². The lowest BCUT2D eigenvalue weighted by atomic mass is 9.83. The second kappa shape index (κ2) is 11.0. The summed E-state index contributed by atoms with van der Waals surface area (Å²) in [7, 11) is 0. The molecule has 2 amide bonds. The van der Waals surface area contributed by atoms with Crippen LogP contribution >= 0.6 is 0 Å². The topological polar surface area (TPSA) is 93.2 Å². The third kappa shape index (κ3) is 4.81. The van der Waals surface area contributed by atoms with Gasteiger partial charge in [-0.3, -0.25) is 19.2 Å².